The molecule has 148 valence electrons. The number of nitrogens with zero attached hydrogens (tertiary/aromatic N) is 5. The van der Waals surface area contributed by atoms with Gasteiger partial charge in [0.05, 0.1) is 38.0 Å². The topological polar surface area (TPSA) is 90.0 Å². The van der Waals surface area contributed by atoms with Crippen LogP contribution in [0.15, 0.2) is 49.2 Å². The first-order valence-electron chi connectivity index (χ1n) is 9.58. The van der Waals surface area contributed by atoms with E-state index in [0.717, 1.165) is 36.4 Å². The van der Waals surface area contributed by atoms with Crippen molar-refractivity contribution in [3.63, 3.8) is 0 Å². The zero-order chi connectivity index (χ0) is 19.3. The maximum absolute atomic E-state index is 10.4. The van der Waals surface area contributed by atoms with Crippen molar-refractivity contribution in [1.82, 2.24) is 29.9 Å². The fourth-order valence-corrected chi connectivity index (χ4v) is 3.83. The number of nitrogens with one attached hydrogen (secondary N) is 1. The number of imidazole rings is 1. The van der Waals surface area contributed by atoms with E-state index < -0.39 is 0 Å². The number of aliphatic hydroxyl groups is 1. The fourth-order valence-electron chi connectivity index (χ4n) is 3.83. The van der Waals surface area contributed by atoms with E-state index in [0.29, 0.717) is 19.0 Å². The van der Waals surface area contributed by atoms with Crippen molar-refractivity contribution in [3.8, 4) is 5.75 Å². The van der Waals surface area contributed by atoms with Crippen molar-refractivity contribution in [1.29, 1.82) is 0 Å². The lowest BCUT2D eigenvalue weighted by atomic mass is 10.1. The van der Waals surface area contributed by atoms with Crippen molar-refractivity contribution < 1.29 is 9.84 Å². The maximum Gasteiger partial charge on any atom is 0.118 e. The highest BCUT2D eigenvalue weighted by Crippen LogP contribution is 2.27. The molecule has 3 atom stereocenters. The highest BCUT2D eigenvalue weighted by Gasteiger charge is 2.32. The van der Waals surface area contributed by atoms with Crippen molar-refractivity contribution in [3.05, 3.63) is 60.4 Å². The van der Waals surface area contributed by atoms with Crippen molar-refractivity contribution in [2.24, 2.45) is 5.92 Å². The first-order valence-corrected chi connectivity index (χ1v) is 9.58. The molecule has 2 heterocycles. The van der Waals surface area contributed by atoms with Crippen molar-refractivity contribution >= 4 is 0 Å². The Kier molecular flexibility index (Phi) is 5.68. The predicted molar refractivity (Wildman–Crippen MR) is 104 cm³/mol. The Balaban J connectivity index is 1.27. The van der Waals surface area contributed by atoms with Crippen LogP contribution in [0.5, 0.6) is 5.75 Å². The number of methoxy groups -OCH3 is 1. The van der Waals surface area contributed by atoms with Crippen LogP contribution >= 0.6 is 0 Å². The molecule has 1 fully saturated rings. The molecule has 8 heteroatoms. The number of hydrogen-bond acceptors (Lipinski definition) is 6. The summed E-state index contributed by atoms with van der Waals surface area (Å²) in [5.41, 5.74) is 2.01. The van der Waals surface area contributed by atoms with E-state index in [2.05, 4.69) is 25.2 Å². The Morgan fingerprint density at radius 2 is 2.11 bits per heavy atom. The Morgan fingerprint density at radius 1 is 1.25 bits per heavy atom. The summed E-state index contributed by atoms with van der Waals surface area (Å²) in [4.78, 5) is 4.08. The molecular weight excluding hydrogens is 356 g/mol. The first-order chi connectivity index (χ1) is 13.7. The van der Waals surface area contributed by atoms with Gasteiger partial charge in [-0.15, -0.1) is 5.10 Å². The fraction of sp³-hybridized carbons (Fsp3) is 0.450. The van der Waals surface area contributed by atoms with Crippen molar-refractivity contribution in [2.45, 2.75) is 44.6 Å². The molecule has 0 aliphatic heterocycles. The molecule has 8 nitrogen and oxygen atoms in total. The van der Waals surface area contributed by atoms with Crippen LogP contribution in [0.3, 0.4) is 0 Å². The minimum absolute atomic E-state index is 0.0836. The molecule has 28 heavy (non-hydrogen) atoms. The van der Waals surface area contributed by atoms with Gasteiger partial charge < -0.3 is 19.7 Å². The summed E-state index contributed by atoms with van der Waals surface area (Å²) < 4.78 is 9.08. The quantitative estimate of drug-likeness (QED) is 0.613. The van der Waals surface area contributed by atoms with Crippen LogP contribution in [0.1, 0.15) is 24.1 Å². The molecule has 0 spiro atoms. The minimum Gasteiger partial charge on any atom is -0.497 e. The molecule has 1 aliphatic carbocycles. The van der Waals surface area contributed by atoms with Crippen LogP contribution in [-0.4, -0.2) is 48.9 Å². The molecule has 0 amide bonds. The normalized spacial score (nSPS) is 21.9. The Bertz CT molecular complexity index is 861. The number of aliphatic hydroxyl groups excluding tert-OH is 1. The molecule has 2 N–H and O–H groups in total. The zero-order valence-electron chi connectivity index (χ0n) is 16.0. The van der Waals surface area contributed by atoms with Gasteiger partial charge in [-0.25, -0.2) is 9.67 Å². The predicted octanol–water partition coefficient (Wildman–Crippen LogP) is 1.46. The smallest absolute Gasteiger partial charge is 0.118 e. The lowest BCUT2D eigenvalue weighted by Crippen LogP contribution is -2.35. The summed E-state index contributed by atoms with van der Waals surface area (Å²) in [6.07, 6.45) is 8.95. The second-order valence-electron chi connectivity index (χ2n) is 7.41. The van der Waals surface area contributed by atoms with E-state index in [9.17, 15) is 5.11 Å². The monoisotopic (exact) mass is 382 g/mol. The molecule has 1 aromatic carbocycles. The van der Waals surface area contributed by atoms with Crippen LogP contribution in [0.25, 0.3) is 0 Å². The van der Waals surface area contributed by atoms with Gasteiger partial charge in [-0.2, -0.15) is 0 Å². The summed E-state index contributed by atoms with van der Waals surface area (Å²) in [6.45, 7) is 2.16. The molecule has 2 aromatic heterocycles. The van der Waals surface area contributed by atoms with E-state index >= 15 is 0 Å². The van der Waals surface area contributed by atoms with Gasteiger partial charge in [0.15, 0.2) is 0 Å². The number of hydrogen-bond donors (Lipinski definition) is 2. The van der Waals surface area contributed by atoms with Crippen LogP contribution in [0, 0.1) is 5.92 Å². The van der Waals surface area contributed by atoms with Gasteiger partial charge in [-0.1, -0.05) is 17.3 Å². The van der Waals surface area contributed by atoms with Crippen LogP contribution in [0.4, 0.5) is 0 Å². The molecule has 1 aliphatic rings. The summed E-state index contributed by atoms with van der Waals surface area (Å²) in [5.74, 6) is 1.29. The van der Waals surface area contributed by atoms with Gasteiger partial charge in [-0.3, -0.25) is 0 Å². The largest absolute Gasteiger partial charge is 0.497 e. The molecule has 1 saturated carbocycles. The lowest BCUT2D eigenvalue weighted by Gasteiger charge is -2.15. The third kappa shape index (κ3) is 4.58. The summed E-state index contributed by atoms with van der Waals surface area (Å²) in [5, 5.41) is 22.3. The highest BCUT2D eigenvalue weighted by molar-refractivity contribution is 5.27. The second kappa shape index (κ2) is 8.53. The van der Waals surface area contributed by atoms with Gasteiger partial charge in [0, 0.05) is 31.5 Å². The molecule has 0 bridgehead atoms. The second-order valence-corrected chi connectivity index (χ2v) is 7.41. The van der Waals surface area contributed by atoms with Gasteiger partial charge >= 0.3 is 0 Å². The van der Waals surface area contributed by atoms with E-state index in [1.54, 1.807) is 13.3 Å². The minimum atomic E-state index is -0.331. The van der Waals surface area contributed by atoms with E-state index in [-0.39, 0.29) is 12.1 Å². The van der Waals surface area contributed by atoms with Gasteiger partial charge in [0.25, 0.3) is 0 Å². The number of rotatable bonds is 8. The molecule has 4 rings (SSSR count). The number of aromatic nitrogens is 5. The third-order valence-electron chi connectivity index (χ3n) is 5.29. The lowest BCUT2D eigenvalue weighted by molar-refractivity contribution is 0.145. The van der Waals surface area contributed by atoms with Gasteiger partial charge in [0.2, 0.25) is 0 Å². The molecule has 3 aromatic rings. The molecular formula is C20H26N6O2. The van der Waals surface area contributed by atoms with Gasteiger partial charge in [0.1, 0.15) is 5.75 Å². The van der Waals surface area contributed by atoms with E-state index in [1.165, 1.54) is 0 Å². The van der Waals surface area contributed by atoms with Crippen LogP contribution < -0.4 is 10.1 Å². The number of ether oxygens (including phenoxy) is 1. The molecule has 0 saturated heterocycles. The van der Waals surface area contributed by atoms with Crippen LogP contribution in [-0.2, 0) is 19.6 Å². The summed E-state index contributed by atoms with van der Waals surface area (Å²) in [6, 6.07) is 8.01. The molecule has 0 radical (unpaired) electrons. The van der Waals surface area contributed by atoms with Crippen LogP contribution in [0.2, 0.25) is 0 Å². The highest BCUT2D eigenvalue weighted by atomic mass is 16.5. The molecule has 1 unspecified atom stereocenters. The Morgan fingerprint density at radius 3 is 2.86 bits per heavy atom. The first kappa shape index (κ1) is 18.6. The summed E-state index contributed by atoms with van der Waals surface area (Å²) in [7, 11) is 1.66. The standard InChI is InChI=1S/C20H26N6O2/c1-28-18-4-2-15(3-5-18)12-26-13-17(23-24-26)10-22-19-8-16(9-20(19)27)11-25-7-6-21-14-25/h2-7,13-14,16,19-20,22,27H,8-12H2,1H3/t16?,19-,20-/m1/s1. The van der Waals surface area contributed by atoms with Gasteiger partial charge in [-0.05, 0) is 36.5 Å². The summed E-state index contributed by atoms with van der Waals surface area (Å²) >= 11 is 0. The van der Waals surface area contributed by atoms with E-state index in [4.69, 9.17) is 4.74 Å². The maximum atomic E-state index is 10.4. The van der Waals surface area contributed by atoms with E-state index in [1.807, 2.05) is 47.7 Å². The number of benzene rings is 1. The Hall–Kier alpha value is -2.71. The average Bonchev–Trinajstić information content (AvgIpc) is 3.44. The SMILES string of the molecule is COc1ccc(Cn2cc(CN[C@@H]3CC(Cn4ccnc4)C[C@H]3O)nn2)cc1. The third-order valence-corrected chi connectivity index (χ3v) is 5.29. The zero-order valence-corrected chi connectivity index (χ0v) is 16.0. The average molecular weight is 382 g/mol. The van der Waals surface area contributed by atoms with Crippen molar-refractivity contribution in [2.75, 3.05) is 7.11 Å². The Labute approximate surface area is 164 Å².